The number of aromatic nitrogens is 2. The van der Waals surface area contributed by atoms with Gasteiger partial charge >= 0.3 is 0 Å². The molecule has 0 N–H and O–H groups in total. The molecule has 3 aromatic rings. The molecule has 108 valence electrons. The van der Waals surface area contributed by atoms with Crippen molar-refractivity contribution >= 4 is 50.2 Å². The van der Waals surface area contributed by atoms with E-state index < -0.39 is 0 Å². The van der Waals surface area contributed by atoms with Gasteiger partial charge in [0.15, 0.2) is 0 Å². The molecule has 0 saturated carbocycles. The maximum Gasteiger partial charge on any atom is 0.115 e. The van der Waals surface area contributed by atoms with Gasteiger partial charge in [0, 0.05) is 16.8 Å². The number of imidazole rings is 1. The fourth-order valence-corrected chi connectivity index (χ4v) is 3.25. The minimum Gasteiger partial charge on any atom is -0.295 e. The Bertz CT molecular complexity index is 811. The van der Waals surface area contributed by atoms with Crippen LogP contribution in [0.1, 0.15) is 11.4 Å². The number of aryl methyl sites for hydroxylation is 2. The van der Waals surface area contributed by atoms with E-state index in [1.54, 1.807) is 0 Å². The number of benzene rings is 2. The lowest BCUT2D eigenvalue weighted by atomic mass is 10.2. The summed E-state index contributed by atoms with van der Waals surface area (Å²) >= 11 is 15.9. The average Bonchev–Trinajstić information content (AvgIpc) is 2.77. The van der Waals surface area contributed by atoms with Crippen molar-refractivity contribution in [3.8, 4) is 5.69 Å². The summed E-state index contributed by atoms with van der Waals surface area (Å²) in [7, 11) is 0. The van der Waals surface area contributed by atoms with Crippen LogP contribution in [0.3, 0.4) is 0 Å². The predicted molar refractivity (Wildman–Crippen MR) is 92.9 cm³/mol. The van der Waals surface area contributed by atoms with Crippen LogP contribution in [0.15, 0.2) is 40.9 Å². The minimum absolute atomic E-state index is 0.522. The van der Waals surface area contributed by atoms with Crippen molar-refractivity contribution < 1.29 is 0 Å². The summed E-state index contributed by atoms with van der Waals surface area (Å²) in [5.74, 6) is 1.44. The molecule has 0 aliphatic carbocycles. The van der Waals surface area contributed by atoms with Crippen LogP contribution in [-0.4, -0.2) is 15.4 Å². The Labute approximate surface area is 141 Å². The molecule has 0 fully saturated rings. The maximum absolute atomic E-state index is 6.44. The molecule has 1 aromatic heterocycles. The van der Waals surface area contributed by atoms with Crippen molar-refractivity contribution in [3.63, 3.8) is 0 Å². The highest BCUT2D eigenvalue weighted by Crippen LogP contribution is 2.29. The SMILES string of the molecule is Cc1ccc(-n2c(CCCl)nc3ccc(Br)cc32)c(Cl)c1. The largest absolute Gasteiger partial charge is 0.295 e. The van der Waals surface area contributed by atoms with Gasteiger partial charge in [-0.3, -0.25) is 4.57 Å². The number of halogens is 3. The van der Waals surface area contributed by atoms with Gasteiger partial charge in [-0.25, -0.2) is 4.98 Å². The molecule has 21 heavy (non-hydrogen) atoms. The second-order valence-electron chi connectivity index (χ2n) is 4.89. The van der Waals surface area contributed by atoms with E-state index in [2.05, 4.69) is 37.6 Å². The summed E-state index contributed by atoms with van der Waals surface area (Å²) in [5, 5.41) is 0.713. The molecule has 2 nitrogen and oxygen atoms in total. The van der Waals surface area contributed by atoms with Crippen LogP contribution in [0, 0.1) is 6.92 Å². The van der Waals surface area contributed by atoms with E-state index in [0.29, 0.717) is 17.3 Å². The van der Waals surface area contributed by atoms with Gasteiger partial charge in [0.2, 0.25) is 0 Å². The highest BCUT2D eigenvalue weighted by Gasteiger charge is 2.14. The topological polar surface area (TPSA) is 17.8 Å². The summed E-state index contributed by atoms with van der Waals surface area (Å²) in [6.07, 6.45) is 0.693. The zero-order valence-corrected chi connectivity index (χ0v) is 14.5. The zero-order chi connectivity index (χ0) is 15.0. The molecular formula is C16H13BrCl2N2. The van der Waals surface area contributed by atoms with Crippen molar-refractivity contribution in [2.75, 3.05) is 5.88 Å². The van der Waals surface area contributed by atoms with Crippen LogP contribution in [0.2, 0.25) is 5.02 Å². The van der Waals surface area contributed by atoms with Gasteiger partial charge in [0.1, 0.15) is 5.82 Å². The molecule has 0 bridgehead atoms. The number of hydrogen-bond acceptors (Lipinski definition) is 1. The monoisotopic (exact) mass is 382 g/mol. The van der Waals surface area contributed by atoms with Gasteiger partial charge in [0.05, 0.1) is 21.7 Å². The summed E-state index contributed by atoms with van der Waals surface area (Å²) in [4.78, 5) is 4.68. The second-order valence-corrected chi connectivity index (χ2v) is 6.59. The normalized spacial score (nSPS) is 11.2. The Morgan fingerprint density at radius 2 is 2.00 bits per heavy atom. The molecule has 1 heterocycles. The third-order valence-electron chi connectivity index (χ3n) is 3.35. The van der Waals surface area contributed by atoms with Crippen molar-refractivity contribution in [3.05, 3.63) is 57.3 Å². The fraction of sp³-hybridized carbons (Fsp3) is 0.188. The van der Waals surface area contributed by atoms with Crippen molar-refractivity contribution in [2.24, 2.45) is 0 Å². The molecular weight excluding hydrogens is 371 g/mol. The van der Waals surface area contributed by atoms with Gasteiger partial charge in [-0.2, -0.15) is 0 Å². The zero-order valence-electron chi connectivity index (χ0n) is 11.4. The summed E-state index contributed by atoms with van der Waals surface area (Å²) in [6, 6.07) is 12.1. The van der Waals surface area contributed by atoms with E-state index in [4.69, 9.17) is 23.2 Å². The first-order valence-electron chi connectivity index (χ1n) is 6.59. The Morgan fingerprint density at radius 1 is 1.19 bits per heavy atom. The highest BCUT2D eigenvalue weighted by atomic mass is 79.9. The maximum atomic E-state index is 6.44. The Kier molecular flexibility index (Phi) is 4.25. The average molecular weight is 384 g/mol. The minimum atomic E-state index is 0.522. The lowest BCUT2D eigenvalue weighted by molar-refractivity contribution is 0.912. The fourth-order valence-electron chi connectivity index (χ4n) is 2.41. The lowest BCUT2D eigenvalue weighted by Crippen LogP contribution is -2.03. The molecule has 0 atom stereocenters. The van der Waals surface area contributed by atoms with Crippen LogP contribution < -0.4 is 0 Å². The van der Waals surface area contributed by atoms with Crippen molar-refractivity contribution in [1.29, 1.82) is 0 Å². The van der Waals surface area contributed by atoms with Gasteiger partial charge in [-0.15, -0.1) is 11.6 Å². The summed E-state index contributed by atoms with van der Waals surface area (Å²) in [6.45, 7) is 2.03. The van der Waals surface area contributed by atoms with E-state index in [-0.39, 0.29) is 0 Å². The number of alkyl halides is 1. The van der Waals surface area contributed by atoms with Gasteiger partial charge in [-0.1, -0.05) is 33.6 Å². The standard InChI is InChI=1S/C16H13BrCl2N2/c1-10-2-5-14(12(19)8-10)21-15-9-11(17)3-4-13(15)20-16(21)6-7-18/h2-5,8-9H,6-7H2,1H3. The summed E-state index contributed by atoms with van der Waals surface area (Å²) < 4.78 is 3.10. The Hall–Kier alpha value is -1.03. The van der Waals surface area contributed by atoms with Crippen LogP contribution in [-0.2, 0) is 6.42 Å². The van der Waals surface area contributed by atoms with Crippen LogP contribution in [0.25, 0.3) is 16.7 Å². The summed E-state index contributed by atoms with van der Waals surface area (Å²) in [5.41, 5.74) is 4.03. The molecule has 0 unspecified atom stereocenters. The van der Waals surface area contributed by atoms with E-state index >= 15 is 0 Å². The molecule has 0 amide bonds. The molecule has 0 aliphatic rings. The van der Waals surface area contributed by atoms with Gasteiger partial charge in [-0.05, 0) is 42.8 Å². The van der Waals surface area contributed by atoms with Crippen molar-refractivity contribution in [2.45, 2.75) is 13.3 Å². The first-order chi connectivity index (χ1) is 10.1. The van der Waals surface area contributed by atoms with Gasteiger partial charge in [0.25, 0.3) is 0 Å². The van der Waals surface area contributed by atoms with Crippen LogP contribution in [0.5, 0.6) is 0 Å². The molecule has 5 heteroatoms. The quantitative estimate of drug-likeness (QED) is 0.543. The first-order valence-corrected chi connectivity index (χ1v) is 8.30. The van der Waals surface area contributed by atoms with E-state index in [9.17, 15) is 0 Å². The van der Waals surface area contributed by atoms with Crippen molar-refractivity contribution in [1.82, 2.24) is 9.55 Å². The Morgan fingerprint density at radius 3 is 2.71 bits per heavy atom. The van der Waals surface area contributed by atoms with E-state index in [1.165, 1.54) is 0 Å². The third-order valence-corrected chi connectivity index (χ3v) is 4.33. The predicted octanol–water partition coefficient (Wildman–Crippen LogP) is 5.53. The van der Waals surface area contributed by atoms with Crippen LogP contribution in [0.4, 0.5) is 0 Å². The number of fused-ring (bicyclic) bond motifs is 1. The molecule has 3 rings (SSSR count). The molecule has 0 spiro atoms. The Balaban J connectivity index is 2.32. The smallest absolute Gasteiger partial charge is 0.115 e. The van der Waals surface area contributed by atoms with Crippen LogP contribution >= 0.6 is 39.1 Å². The number of nitrogens with zero attached hydrogens (tertiary/aromatic N) is 2. The van der Waals surface area contributed by atoms with E-state index in [1.807, 2.05) is 31.2 Å². The number of hydrogen-bond donors (Lipinski definition) is 0. The number of rotatable bonds is 3. The molecule has 2 aromatic carbocycles. The second kappa shape index (κ2) is 5.99. The molecule has 0 aliphatic heterocycles. The first kappa shape index (κ1) is 14.9. The lowest BCUT2D eigenvalue weighted by Gasteiger charge is -2.11. The van der Waals surface area contributed by atoms with Gasteiger partial charge < -0.3 is 0 Å². The molecule has 0 saturated heterocycles. The third kappa shape index (κ3) is 2.83. The highest BCUT2D eigenvalue weighted by molar-refractivity contribution is 9.10. The van der Waals surface area contributed by atoms with E-state index in [0.717, 1.165) is 32.6 Å². The molecule has 0 radical (unpaired) electrons.